The number of nitrogens with one attached hydrogen (secondary N) is 1. The Bertz CT molecular complexity index is 1300. The van der Waals surface area contributed by atoms with E-state index in [-0.39, 0.29) is 11.8 Å². The highest BCUT2D eigenvalue weighted by Crippen LogP contribution is 2.37. The van der Waals surface area contributed by atoms with Gasteiger partial charge in [-0.3, -0.25) is 9.59 Å². The summed E-state index contributed by atoms with van der Waals surface area (Å²) in [6.07, 6.45) is 0.861. The molecule has 5 heteroatoms. The predicted octanol–water partition coefficient (Wildman–Crippen LogP) is 6.01. The van der Waals surface area contributed by atoms with E-state index in [1.807, 2.05) is 91.0 Å². The fourth-order valence-electron chi connectivity index (χ4n) is 4.09. The van der Waals surface area contributed by atoms with Crippen LogP contribution in [-0.4, -0.2) is 18.4 Å². The summed E-state index contributed by atoms with van der Waals surface area (Å²) in [5.41, 5.74) is 2.27. The summed E-state index contributed by atoms with van der Waals surface area (Å²) in [6.45, 7) is 0.488. The number of anilines is 2. The molecule has 1 aliphatic rings. The summed E-state index contributed by atoms with van der Waals surface area (Å²) in [5, 5.41) is 4.99. The summed E-state index contributed by atoms with van der Waals surface area (Å²) in [4.78, 5) is 27.3. The van der Waals surface area contributed by atoms with Gasteiger partial charge in [-0.05, 0) is 48.2 Å². The van der Waals surface area contributed by atoms with Crippen LogP contribution >= 0.6 is 0 Å². The van der Waals surface area contributed by atoms with Crippen molar-refractivity contribution in [3.63, 3.8) is 0 Å². The molecule has 158 valence electrons. The van der Waals surface area contributed by atoms with Crippen LogP contribution in [0.4, 0.5) is 11.4 Å². The van der Waals surface area contributed by atoms with Crippen molar-refractivity contribution < 1.29 is 14.3 Å². The predicted molar refractivity (Wildman–Crippen MR) is 126 cm³/mol. The molecule has 0 aliphatic carbocycles. The SMILES string of the molecule is O=C(CCCN1C(=O)c2cccc3cccc1c23)Nc1ccccc1Oc1ccccc1. The number of benzene rings is 4. The highest BCUT2D eigenvalue weighted by atomic mass is 16.5. The first-order chi connectivity index (χ1) is 15.7. The van der Waals surface area contributed by atoms with Crippen LogP contribution in [0.3, 0.4) is 0 Å². The van der Waals surface area contributed by atoms with E-state index in [1.54, 1.807) is 4.90 Å². The van der Waals surface area contributed by atoms with E-state index in [4.69, 9.17) is 4.74 Å². The summed E-state index contributed by atoms with van der Waals surface area (Å²) >= 11 is 0. The van der Waals surface area contributed by atoms with Crippen molar-refractivity contribution in [3.05, 3.63) is 96.6 Å². The van der Waals surface area contributed by atoms with Gasteiger partial charge in [0.2, 0.25) is 5.91 Å². The first-order valence-corrected chi connectivity index (χ1v) is 10.7. The summed E-state index contributed by atoms with van der Waals surface area (Å²) in [5.74, 6) is 1.18. The minimum absolute atomic E-state index is 0.00110. The van der Waals surface area contributed by atoms with E-state index in [9.17, 15) is 9.59 Å². The van der Waals surface area contributed by atoms with E-state index in [0.717, 1.165) is 22.0 Å². The fourth-order valence-corrected chi connectivity index (χ4v) is 4.09. The second-order valence-electron chi connectivity index (χ2n) is 7.70. The molecule has 2 amide bonds. The third-order valence-electron chi connectivity index (χ3n) is 5.57. The molecule has 1 N–H and O–H groups in total. The maximum Gasteiger partial charge on any atom is 0.258 e. The van der Waals surface area contributed by atoms with Gasteiger partial charge in [0.05, 0.1) is 11.4 Å². The minimum atomic E-state index is -0.114. The molecule has 5 nitrogen and oxygen atoms in total. The van der Waals surface area contributed by atoms with Crippen LogP contribution in [0.5, 0.6) is 11.5 Å². The van der Waals surface area contributed by atoms with Gasteiger partial charge in [0.15, 0.2) is 5.75 Å². The van der Waals surface area contributed by atoms with Gasteiger partial charge < -0.3 is 15.0 Å². The molecular weight excluding hydrogens is 400 g/mol. The van der Waals surface area contributed by atoms with Gasteiger partial charge in [-0.15, -0.1) is 0 Å². The van der Waals surface area contributed by atoms with E-state index in [2.05, 4.69) is 5.32 Å². The first kappa shape index (κ1) is 19.8. The highest BCUT2D eigenvalue weighted by molar-refractivity contribution is 6.25. The lowest BCUT2D eigenvalue weighted by Crippen LogP contribution is -2.28. The molecule has 32 heavy (non-hydrogen) atoms. The van der Waals surface area contributed by atoms with E-state index < -0.39 is 0 Å². The molecule has 0 aromatic heterocycles. The smallest absolute Gasteiger partial charge is 0.258 e. The largest absolute Gasteiger partial charge is 0.455 e. The average molecular weight is 422 g/mol. The van der Waals surface area contributed by atoms with Gasteiger partial charge in [-0.25, -0.2) is 0 Å². The third kappa shape index (κ3) is 3.81. The van der Waals surface area contributed by atoms with Crippen molar-refractivity contribution in [2.45, 2.75) is 12.8 Å². The van der Waals surface area contributed by atoms with Crippen LogP contribution in [-0.2, 0) is 4.79 Å². The first-order valence-electron chi connectivity index (χ1n) is 10.7. The molecule has 4 aromatic carbocycles. The summed E-state index contributed by atoms with van der Waals surface area (Å²) < 4.78 is 5.91. The quantitative estimate of drug-likeness (QED) is 0.397. The number of para-hydroxylation sites is 3. The summed E-state index contributed by atoms with van der Waals surface area (Å²) in [6, 6.07) is 28.5. The second kappa shape index (κ2) is 8.55. The molecule has 0 unspecified atom stereocenters. The number of rotatable bonds is 7. The maximum absolute atomic E-state index is 12.9. The van der Waals surface area contributed by atoms with Crippen LogP contribution in [0.15, 0.2) is 91.0 Å². The van der Waals surface area contributed by atoms with Gasteiger partial charge in [-0.2, -0.15) is 0 Å². The van der Waals surface area contributed by atoms with Gasteiger partial charge in [0.25, 0.3) is 5.91 Å². The number of nitrogens with zero attached hydrogens (tertiary/aromatic N) is 1. The minimum Gasteiger partial charge on any atom is -0.455 e. The van der Waals surface area contributed by atoms with Crippen molar-refractivity contribution in [1.82, 2.24) is 0 Å². The summed E-state index contributed by atoms with van der Waals surface area (Å²) in [7, 11) is 0. The van der Waals surface area contributed by atoms with Gasteiger partial charge in [0.1, 0.15) is 5.75 Å². The van der Waals surface area contributed by atoms with Crippen molar-refractivity contribution in [3.8, 4) is 11.5 Å². The lowest BCUT2D eigenvalue weighted by molar-refractivity contribution is -0.116. The number of amides is 2. The lowest BCUT2D eigenvalue weighted by atomic mass is 10.1. The molecule has 1 heterocycles. The Morgan fingerprint density at radius 3 is 2.44 bits per heavy atom. The molecule has 4 aromatic rings. The van der Waals surface area contributed by atoms with Crippen LogP contribution < -0.4 is 15.0 Å². The van der Waals surface area contributed by atoms with Crippen molar-refractivity contribution >= 4 is 34.0 Å². The molecule has 0 bridgehead atoms. The molecule has 0 saturated heterocycles. The zero-order valence-electron chi connectivity index (χ0n) is 17.5. The van der Waals surface area contributed by atoms with Crippen molar-refractivity contribution in [2.24, 2.45) is 0 Å². The van der Waals surface area contributed by atoms with Gasteiger partial charge >= 0.3 is 0 Å². The number of carbonyl (C=O) groups is 2. The Morgan fingerprint density at radius 1 is 0.844 bits per heavy atom. The van der Waals surface area contributed by atoms with Crippen LogP contribution in [0, 0.1) is 0 Å². The van der Waals surface area contributed by atoms with E-state index >= 15 is 0 Å². The molecular formula is C27H22N2O3. The Hall–Kier alpha value is -4.12. The van der Waals surface area contributed by atoms with Gasteiger partial charge in [0, 0.05) is 23.9 Å². The van der Waals surface area contributed by atoms with Crippen molar-refractivity contribution in [1.29, 1.82) is 0 Å². The molecule has 0 spiro atoms. The molecule has 0 fully saturated rings. The molecule has 0 atom stereocenters. The second-order valence-corrected chi connectivity index (χ2v) is 7.70. The normalized spacial score (nSPS) is 12.2. The van der Waals surface area contributed by atoms with Crippen LogP contribution in [0.25, 0.3) is 10.8 Å². The van der Waals surface area contributed by atoms with Crippen molar-refractivity contribution in [2.75, 3.05) is 16.8 Å². The zero-order chi connectivity index (χ0) is 21.9. The molecule has 0 saturated carbocycles. The number of hydrogen-bond acceptors (Lipinski definition) is 3. The highest BCUT2D eigenvalue weighted by Gasteiger charge is 2.29. The number of ether oxygens (including phenoxy) is 1. The third-order valence-corrected chi connectivity index (χ3v) is 5.57. The Labute approximate surface area is 186 Å². The lowest BCUT2D eigenvalue weighted by Gasteiger charge is -2.17. The number of hydrogen-bond donors (Lipinski definition) is 1. The Balaban J connectivity index is 1.22. The fraction of sp³-hybridized carbons (Fsp3) is 0.111. The Morgan fingerprint density at radius 2 is 1.59 bits per heavy atom. The van der Waals surface area contributed by atoms with Gasteiger partial charge in [-0.1, -0.05) is 54.6 Å². The average Bonchev–Trinajstić information content (AvgIpc) is 3.09. The molecule has 1 aliphatic heterocycles. The number of carbonyl (C=O) groups excluding carboxylic acids is 2. The van der Waals surface area contributed by atoms with Crippen LogP contribution in [0.2, 0.25) is 0 Å². The van der Waals surface area contributed by atoms with E-state index in [0.29, 0.717) is 36.6 Å². The molecule has 5 rings (SSSR count). The maximum atomic E-state index is 12.9. The standard InChI is InChI=1S/C27H22N2O3/c30-25(28-22-14-4-5-16-24(22)32-20-11-2-1-3-12-20)17-8-18-29-23-15-7-10-19-9-6-13-21(26(19)23)27(29)31/h1-7,9-16H,8,17-18H2,(H,28,30). The zero-order valence-corrected chi connectivity index (χ0v) is 17.5. The molecule has 0 radical (unpaired) electrons. The topological polar surface area (TPSA) is 58.6 Å². The van der Waals surface area contributed by atoms with E-state index in [1.165, 1.54) is 0 Å². The van der Waals surface area contributed by atoms with Crippen LogP contribution in [0.1, 0.15) is 23.2 Å². The monoisotopic (exact) mass is 422 g/mol. The Kier molecular flexibility index (Phi) is 5.30.